The van der Waals surface area contributed by atoms with Gasteiger partial charge in [0, 0.05) is 6.54 Å². The van der Waals surface area contributed by atoms with Crippen molar-refractivity contribution >= 4 is 27.2 Å². The first-order valence-corrected chi connectivity index (χ1v) is 10.7. The summed E-state index contributed by atoms with van der Waals surface area (Å²) in [6.45, 7) is 6.34. The van der Waals surface area contributed by atoms with Gasteiger partial charge in [0.25, 0.3) is 0 Å². The maximum atomic E-state index is 11.9. The third-order valence-corrected chi connectivity index (χ3v) is 6.36. The summed E-state index contributed by atoms with van der Waals surface area (Å²) < 4.78 is 32.2. The lowest BCUT2D eigenvalue weighted by atomic mass is 9.98. The second kappa shape index (κ2) is 9.86. The number of hydrogen-bond acceptors (Lipinski definition) is 5. The van der Waals surface area contributed by atoms with Crippen molar-refractivity contribution in [3.8, 4) is 5.75 Å². The number of hydroxylamine groups is 2. The molecule has 1 unspecified atom stereocenters. The molecule has 28 heavy (non-hydrogen) atoms. The van der Waals surface area contributed by atoms with E-state index in [1.165, 1.54) is 7.11 Å². The van der Waals surface area contributed by atoms with Crippen LogP contribution in [0.1, 0.15) is 32.3 Å². The molecule has 2 rings (SSSR count). The summed E-state index contributed by atoms with van der Waals surface area (Å²) in [7, 11) is -1.84. The monoisotopic (exact) mass is 408 g/mol. The van der Waals surface area contributed by atoms with Gasteiger partial charge >= 0.3 is 0 Å². The van der Waals surface area contributed by atoms with Gasteiger partial charge < -0.3 is 4.74 Å². The van der Waals surface area contributed by atoms with Crippen LogP contribution in [-0.2, 0) is 19.7 Å². The van der Waals surface area contributed by atoms with Crippen LogP contribution in [0.4, 0.5) is 0 Å². The normalized spacial score (nSPS) is 12.9. The largest absolute Gasteiger partial charge is 0.492 e. The van der Waals surface area contributed by atoms with Crippen LogP contribution in [0, 0.1) is 0 Å². The number of carbonyl (C=O) groups excluding carboxylic acids is 1. The molecule has 154 valence electrons. The van der Waals surface area contributed by atoms with Crippen LogP contribution in [0.15, 0.2) is 36.4 Å². The predicted molar refractivity (Wildman–Crippen MR) is 110 cm³/mol. The molecule has 0 aliphatic heterocycles. The second-order valence-electron chi connectivity index (χ2n) is 6.89. The molecule has 1 amide bonds. The number of carbonyl (C=O) groups is 1. The van der Waals surface area contributed by atoms with E-state index >= 15 is 0 Å². The highest BCUT2D eigenvalue weighted by molar-refractivity contribution is 7.90. The van der Waals surface area contributed by atoms with Crippen molar-refractivity contribution in [2.45, 2.75) is 31.9 Å². The first kappa shape index (κ1) is 22.1. The van der Waals surface area contributed by atoms with Crippen molar-refractivity contribution in [1.82, 2.24) is 9.79 Å². The highest BCUT2D eigenvalue weighted by atomic mass is 32.2. The lowest BCUT2D eigenvalue weighted by molar-refractivity contribution is -0.162. The van der Waals surface area contributed by atoms with Gasteiger partial charge in [-0.05, 0) is 48.2 Å². The summed E-state index contributed by atoms with van der Waals surface area (Å²) in [6, 6.07) is 11.8. The SMILES string of the molecule is CON(C=O)CCOc1ccc2cc(C(C)CNS(=O)(=O)C(C)C)ccc2c1. The molecule has 0 spiro atoms. The summed E-state index contributed by atoms with van der Waals surface area (Å²) in [5.41, 5.74) is 1.06. The molecule has 2 aromatic rings. The molecule has 1 atom stereocenters. The molecule has 0 aliphatic carbocycles. The number of hydrogen-bond donors (Lipinski definition) is 1. The minimum atomic E-state index is -3.27. The minimum Gasteiger partial charge on any atom is -0.492 e. The van der Waals surface area contributed by atoms with E-state index in [0.717, 1.165) is 21.4 Å². The van der Waals surface area contributed by atoms with Gasteiger partial charge in [-0.15, -0.1) is 0 Å². The quantitative estimate of drug-likeness (QED) is 0.456. The van der Waals surface area contributed by atoms with Crippen molar-refractivity contribution in [3.63, 3.8) is 0 Å². The Hall–Kier alpha value is -2.16. The fourth-order valence-corrected chi connectivity index (χ4v) is 3.42. The summed E-state index contributed by atoms with van der Waals surface area (Å²) in [5, 5.41) is 2.78. The van der Waals surface area contributed by atoms with Gasteiger partial charge in [-0.25, -0.2) is 18.2 Å². The van der Waals surface area contributed by atoms with Gasteiger partial charge in [-0.3, -0.25) is 9.63 Å². The van der Waals surface area contributed by atoms with Crippen LogP contribution in [0.5, 0.6) is 5.75 Å². The molecule has 7 nitrogen and oxygen atoms in total. The Morgan fingerprint density at radius 2 is 1.79 bits per heavy atom. The molecule has 0 aromatic heterocycles. The Morgan fingerprint density at radius 1 is 1.11 bits per heavy atom. The first-order chi connectivity index (χ1) is 13.3. The highest BCUT2D eigenvalue weighted by Crippen LogP contribution is 2.25. The molecule has 0 bridgehead atoms. The topological polar surface area (TPSA) is 84.9 Å². The average molecular weight is 409 g/mol. The van der Waals surface area contributed by atoms with E-state index in [9.17, 15) is 13.2 Å². The zero-order valence-electron chi connectivity index (χ0n) is 16.7. The smallest absolute Gasteiger partial charge is 0.233 e. The van der Waals surface area contributed by atoms with Crippen molar-refractivity contribution in [3.05, 3.63) is 42.0 Å². The highest BCUT2D eigenvalue weighted by Gasteiger charge is 2.17. The summed E-state index contributed by atoms with van der Waals surface area (Å²) >= 11 is 0. The Morgan fingerprint density at radius 3 is 2.43 bits per heavy atom. The van der Waals surface area contributed by atoms with Crippen molar-refractivity contribution in [1.29, 1.82) is 0 Å². The van der Waals surface area contributed by atoms with E-state index in [-0.39, 0.29) is 5.92 Å². The number of amides is 1. The number of ether oxygens (including phenoxy) is 1. The molecule has 2 aromatic carbocycles. The van der Waals surface area contributed by atoms with E-state index in [1.54, 1.807) is 13.8 Å². The number of benzene rings is 2. The molecule has 0 radical (unpaired) electrons. The van der Waals surface area contributed by atoms with Crippen LogP contribution in [0.2, 0.25) is 0 Å². The van der Waals surface area contributed by atoms with Crippen LogP contribution < -0.4 is 9.46 Å². The molecule has 0 fully saturated rings. The van der Waals surface area contributed by atoms with Gasteiger partial charge in [0.1, 0.15) is 12.4 Å². The second-order valence-corrected chi connectivity index (χ2v) is 9.21. The van der Waals surface area contributed by atoms with Crippen molar-refractivity contribution in [2.24, 2.45) is 0 Å². The van der Waals surface area contributed by atoms with Gasteiger partial charge in [0.2, 0.25) is 16.4 Å². The fraction of sp³-hybridized carbons (Fsp3) is 0.450. The lowest BCUT2D eigenvalue weighted by Gasteiger charge is -2.16. The number of fused-ring (bicyclic) bond motifs is 1. The van der Waals surface area contributed by atoms with Crippen molar-refractivity contribution < 1.29 is 22.8 Å². The third kappa shape index (κ3) is 5.92. The molecule has 8 heteroatoms. The Bertz CT molecular complexity index is 899. The predicted octanol–water partition coefficient (Wildman–Crippen LogP) is 2.67. The van der Waals surface area contributed by atoms with E-state index in [4.69, 9.17) is 9.57 Å². The zero-order valence-corrected chi connectivity index (χ0v) is 17.5. The third-order valence-electron chi connectivity index (χ3n) is 4.55. The van der Waals surface area contributed by atoms with E-state index in [0.29, 0.717) is 31.9 Å². The van der Waals surface area contributed by atoms with Crippen LogP contribution >= 0.6 is 0 Å². The zero-order chi connectivity index (χ0) is 20.7. The number of sulfonamides is 1. The van der Waals surface area contributed by atoms with Crippen LogP contribution in [0.25, 0.3) is 10.8 Å². The Labute approximate surface area is 166 Å². The lowest BCUT2D eigenvalue weighted by Crippen LogP contribution is -2.33. The van der Waals surface area contributed by atoms with E-state index in [2.05, 4.69) is 10.8 Å². The van der Waals surface area contributed by atoms with E-state index in [1.807, 2.05) is 37.3 Å². The number of nitrogens with one attached hydrogen (secondary N) is 1. The van der Waals surface area contributed by atoms with Gasteiger partial charge in [0.05, 0.1) is 18.9 Å². The van der Waals surface area contributed by atoms with E-state index < -0.39 is 15.3 Å². The molecule has 0 aliphatic rings. The standard InChI is InChI=1S/C20H28N2O5S/c1-15(2)28(24,25)21-13-16(3)17-5-6-19-12-20(8-7-18(19)11-17)27-10-9-22(14-23)26-4/h5-8,11-12,14-16,21H,9-10,13H2,1-4H3. The van der Waals surface area contributed by atoms with Crippen molar-refractivity contribution in [2.75, 3.05) is 26.8 Å². The molecular weight excluding hydrogens is 380 g/mol. The molecule has 1 N–H and O–H groups in total. The summed E-state index contributed by atoms with van der Waals surface area (Å²) in [4.78, 5) is 15.5. The fourth-order valence-electron chi connectivity index (χ4n) is 2.60. The Balaban J connectivity index is 2.03. The van der Waals surface area contributed by atoms with Gasteiger partial charge in [-0.1, -0.05) is 31.2 Å². The summed E-state index contributed by atoms with van der Waals surface area (Å²) in [5.74, 6) is 0.761. The average Bonchev–Trinajstić information content (AvgIpc) is 2.69. The van der Waals surface area contributed by atoms with Crippen LogP contribution in [-0.4, -0.2) is 51.9 Å². The summed E-state index contributed by atoms with van der Waals surface area (Å²) in [6.07, 6.45) is 0.605. The van der Waals surface area contributed by atoms with Gasteiger partial charge in [-0.2, -0.15) is 0 Å². The molecular formula is C20H28N2O5S. The Kier molecular flexibility index (Phi) is 7.79. The maximum absolute atomic E-state index is 11.9. The minimum absolute atomic E-state index is 0.0530. The molecule has 0 saturated carbocycles. The molecule has 0 saturated heterocycles. The van der Waals surface area contributed by atoms with Gasteiger partial charge in [0.15, 0.2) is 0 Å². The maximum Gasteiger partial charge on any atom is 0.233 e. The molecule has 0 heterocycles. The van der Waals surface area contributed by atoms with Crippen LogP contribution in [0.3, 0.4) is 0 Å². The first-order valence-electron chi connectivity index (χ1n) is 9.18. The number of nitrogens with zero attached hydrogens (tertiary/aromatic N) is 1. The number of rotatable bonds is 11.